The van der Waals surface area contributed by atoms with Crippen LogP contribution in [0.1, 0.15) is 18.1 Å². The van der Waals surface area contributed by atoms with Crippen LogP contribution in [0.4, 0.5) is 5.88 Å². The fourth-order valence-corrected chi connectivity index (χ4v) is 3.07. The summed E-state index contributed by atoms with van der Waals surface area (Å²) in [7, 11) is 0. The summed E-state index contributed by atoms with van der Waals surface area (Å²) in [6, 6.07) is 14.3. The lowest BCUT2D eigenvalue weighted by molar-refractivity contribution is 0.340. The van der Waals surface area contributed by atoms with Crippen LogP contribution in [0.25, 0.3) is 22.8 Å². The third-order valence-corrected chi connectivity index (χ3v) is 4.34. The predicted molar refractivity (Wildman–Crippen MR) is 109 cm³/mol. The van der Waals surface area contributed by atoms with Gasteiger partial charge in [-0.15, -0.1) is 0 Å². The van der Waals surface area contributed by atoms with E-state index in [0.717, 1.165) is 0 Å². The monoisotopic (exact) mass is 406 g/mol. The van der Waals surface area contributed by atoms with Gasteiger partial charge in [0.05, 0.1) is 24.7 Å². The first kappa shape index (κ1) is 18.7. The first-order valence-corrected chi connectivity index (χ1v) is 9.20. The van der Waals surface area contributed by atoms with Gasteiger partial charge in [-0.25, -0.2) is 4.99 Å². The van der Waals surface area contributed by atoms with Crippen LogP contribution in [-0.4, -0.2) is 12.8 Å². The second-order valence-electron chi connectivity index (χ2n) is 5.93. The van der Waals surface area contributed by atoms with E-state index in [9.17, 15) is 5.26 Å². The van der Waals surface area contributed by atoms with Crippen molar-refractivity contribution in [3.63, 3.8) is 0 Å². The average Bonchev–Trinajstić information content (AvgIpc) is 3.47. The highest BCUT2D eigenvalue weighted by molar-refractivity contribution is 6.30. The van der Waals surface area contributed by atoms with Gasteiger partial charge in [-0.1, -0.05) is 11.6 Å². The molecule has 1 aromatic carbocycles. The molecule has 3 aromatic heterocycles. The summed E-state index contributed by atoms with van der Waals surface area (Å²) in [5.41, 5.74) is 1.39. The number of furan rings is 3. The molecule has 0 spiro atoms. The van der Waals surface area contributed by atoms with Crippen LogP contribution in [0.2, 0.25) is 5.02 Å². The van der Waals surface area contributed by atoms with Crippen LogP contribution in [0.5, 0.6) is 5.75 Å². The van der Waals surface area contributed by atoms with E-state index in [0.29, 0.717) is 45.8 Å². The zero-order chi connectivity index (χ0) is 20.2. The lowest BCUT2D eigenvalue weighted by Gasteiger charge is -2.06. The Morgan fingerprint density at radius 3 is 2.55 bits per heavy atom. The number of aliphatic imine (C=N–C) groups is 1. The molecule has 0 saturated carbocycles. The summed E-state index contributed by atoms with van der Waals surface area (Å²) in [6.45, 7) is 2.39. The van der Waals surface area contributed by atoms with Gasteiger partial charge in [0.2, 0.25) is 5.88 Å². The summed E-state index contributed by atoms with van der Waals surface area (Å²) in [5.74, 6) is 2.07. The van der Waals surface area contributed by atoms with Crippen molar-refractivity contribution < 1.29 is 18.0 Å². The van der Waals surface area contributed by atoms with Gasteiger partial charge in [0.25, 0.3) is 0 Å². The van der Waals surface area contributed by atoms with E-state index in [1.54, 1.807) is 48.7 Å². The normalized spacial score (nSPS) is 11.1. The van der Waals surface area contributed by atoms with Crippen molar-refractivity contribution in [1.82, 2.24) is 0 Å². The molecule has 0 saturated heterocycles. The Kier molecular flexibility index (Phi) is 5.23. The standard InChI is InChI=1S/C22H15ClN2O4/c1-2-26-17-8-7-15(23)11-14(17)13-25-22-16(12-24)20(18-5-3-9-27-18)21(29-22)19-6-4-10-28-19/h3-11,13H,2H2,1H3. The van der Waals surface area contributed by atoms with E-state index < -0.39 is 0 Å². The van der Waals surface area contributed by atoms with Crippen LogP contribution < -0.4 is 4.74 Å². The molecule has 0 radical (unpaired) electrons. The molecule has 0 atom stereocenters. The number of hydrogen-bond donors (Lipinski definition) is 0. The first-order chi connectivity index (χ1) is 14.2. The highest BCUT2D eigenvalue weighted by Gasteiger charge is 2.26. The Morgan fingerprint density at radius 1 is 1.14 bits per heavy atom. The van der Waals surface area contributed by atoms with Crippen molar-refractivity contribution in [2.24, 2.45) is 4.99 Å². The molecule has 29 heavy (non-hydrogen) atoms. The maximum atomic E-state index is 9.79. The van der Waals surface area contributed by atoms with Gasteiger partial charge >= 0.3 is 0 Å². The molecule has 7 heteroatoms. The number of nitrogens with zero attached hydrogens (tertiary/aromatic N) is 2. The Hall–Kier alpha value is -3.69. The van der Waals surface area contributed by atoms with Gasteiger partial charge in [-0.3, -0.25) is 0 Å². The van der Waals surface area contributed by atoms with Crippen molar-refractivity contribution >= 4 is 23.7 Å². The summed E-state index contributed by atoms with van der Waals surface area (Å²) in [6.07, 6.45) is 4.60. The second-order valence-corrected chi connectivity index (χ2v) is 6.36. The number of rotatable bonds is 6. The van der Waals surface area contributed by atoms with E-state index in [4.69, 9.17) is 29.6 Å². The van der Waals surface area contributed by atoms with Gasteiger partial charge in [0, 0.05) is 16.8 Å². The Bertz CT molecular complexity index is 1180. The van der Waals surface area contributed by atoms with E-state index in [2.05, 4.69) is 11.1 Å². The maximum absolute atomic E-state index is 9.79. The van der Waals surface area contributed by atoms with Crippen LogP contribution >= 0.6 is 11.6 Å². The van der Waals surface area contributed by atoms with Crippen molar-refractivity contribution in [1.29, 1.82) is 5.26 Å². The van der Waals surface area contributed by atoms with Gasteiger partial charge < -0.3 is 18.0 Å². The minimum atomic E-state index is 0.132. The largest absolute Gasteiger partial charge is 0.493 e. The van der Waals surface area contributed by atoms with E-state index in [1.807, 2.05) is 6.92 Å². The zero-order valence-electron chi connectivity index (χ0n) is 15.4. The quantitative estimate of drug-likeness (QED) is 0.342. The number of halogens is 1. The van der Waals surface area contributed by atoms with Gasteiger partial charge in [0.15, 0.2) is 11.5 Å². The van der Waals surface area contributed by atoms with Crippen molar-refractivity contribution in [2.75, 3.05) is 6.61 Å². The molecule has 0 aliphatic heterocycles. The average molecular weight is 407 g/mol. The van der Waals surface area contributed by atoms with Crippen LogP contribution in [0.15, 0.2) is 73.2 Å². The van der Waals surface area contributed by atoms with Gasteiger partial charge in [0.1, 0.15) is 23.1 Å². The molecule has 0 fully saturated rings. The molecule has 6 nitrogen and oxygen atoms in total. The molecule has 0 N–H and O–H groups in total. The molecule has 0 aliphatic rings. The third kappa shape index (κ3) is 3.68. The first-order valence-electron chi connectivity index (χ1n) is 8.82. The minimum Gasteiger partial charge on any atom is -0.493 e. The predicted octanol–water partition coefficient (Wildman–Crippen LogP) is 6.47. The van der Waals surface area contributed by atoms with E-state index in [-0.39, 0.29) is 11.4 Å². The van der Waals surface area contributed by atoms with Crippen molar-refractivity contribution in [2.45, 2.75) is 6.92 Å². The molecular formula is C22H15ClN2O4. The van der Waals surface area contributed by atoms with Crippen molar-refractivity contribution in [3.8, 4) is 34.7 Å². The highest BCUT2D eigenvalue weighted by Crippen LogP contribution is 2.42. The van der Waals surface area contributed by atoms with E-state index >= 15 is 0 Å². The fraction of sp³-hybridized carbons (Fsp3) is 0.0909. The van der Waals surface area contributed by atoms with Crippen molar-refractivity contribution in [3.05, 3.63) is 71.1 Å². The van der Waals surface area contributed by atoms with Gasteiger partial charge in [-0.2, -0.15) is 5.26 Å². The lowest BCUT2D eigenvalue weighted by Crippen LogP contribution is -1.95. The molecule has 0 aliphatic carbocycles. The molecule has 0 amide bonds. The Morgan fingerprint density at radius 2 is 1.90 bits per heavy atom. The Labute approximate surface area is 171 Å². The summed E-state index contributed by atoms with van der Waals surface area (Å²) < 4.78 is 22.5. The van der Waals surface area contributed by atoms with E-state index in [1.165, 1.54) is 12.5 Å². The fourth-order valence-electron chi connectivity index (χ4n) is 2.89. The molecule has 4 aromatic rings. The van der Waals surface area contributed by atoms with Crippen LogP contribution in [-0.2, 0) is 0 Å². The topological polar surface area (TPSA) is 84.8 Å². The van der Waals surface area contributed by atoms with Gasteiger partial charge in [-0.05, 0) is 49.4 Å². The number of hydrogen-bond acceptors (Lipinski definition) is 6. The smallest absolute Gasteiger partial charge is 0.238 e. The molecule has 0 unspecified atom stereocenters. The zero-order valence-corrected chi connectivity index (χ0v) is 16.1. The number of nitriles is 1. The highest BCUT2D eigenvalue weighted by atomic mass is 35.5. The molecular weight excluding hydrogens is 392 g/mol. The molecule has 0 bridgehead atoms. The molecule has 144 valence electrons. The molecule has 3 heterocycles. The summed E-state index contributed by atoms with van der Waals surface area (Å²) >= 11 is 6.10. The minimum absolute atomic E-state index is 0.132. The van der Waals surface area contributed by atoms with Crippen LogP contribution in [0, 0.1) is 11.3 Å². The molecule has 4 rings (SSSR count). The second kappa shape index (κ2) is 8.13. The summed E-state index contributed by atoms with van der Waals surface area (Å²) in [4.78, 5) is 4.40. The maximum Gasteiger partial charge on any atom is 0.238 e. The summed E-state index contributed by atoms with van der Waals surface area (Å²) in [5, 5.41) is 10.3. The number of ether oxygens (including phenoxy) is 1. The third-order valence-electron chi connectivity index (χ3n) is 4.11. The Balaban J connectivity index is 1.84. The lowest BCUT2D eigenvalue weighted by atomic mass is 10.1. The SMILES string of the molecule is CCOc1ccc(Cl)cc1C=Nc1oc(-c2ccco2)c(-c2ccco2)c1C#N. The number of benzene rings is 1. The van der Waals surface area contributed by atoms with Crippen LogP contribution in [0.3, 0.4) is 0 Å².